The second-order valence-corrected chi connectivity index (χ2v) is 7.87. The van der Waals surface area contributed by atoms with E-state index >= 15 is 0 Å². The fraction of sp³-hybridized carbons (Fsp3) is 0.789. The molecule has 1 amide bonds. The first kappa shape index (κ1) is 16.1. The van der Waals surface area contributed by atoms with Crippen LogP contribution in [0.15, 0.2) is 12.4 Å². The number of aromatic nitrogens is 2. The Kier molecular flexibility index (Phi) is 4.61. The van der Waals surface area contributed by atoms with E-state index in [1.807, 2.05) is 10.9 Å². The average Bonchev–Trinajstić information content (AvgIpc) is 3.11. The normalized spacial score (nSPS) is 28.5. The van der Waals surface area contributed by atoms with Crippen molar-refractivity contribution in [2.75, 3.05) is 19.6 Å². The molecule has 24 heavy (non-hydrogen) atoms. The molecule has 0 aromatic carbocycles. The molecular formula is C19H30N4O. The van der Waals surface area contributed by atoms with E-state index in [4.69, 9.17) is 0 Å². The molecule has 2 saturated heterocycles. The number of carbonyl (C=O) groups excluding carboxylic acids is 1. The molecule has 2 atom stereocenters. The molecule has 0 bridgehead atoms. The SMILES string of the molecule is CCn1cc(CN2CCCC[C@H]3CN(C(=O)C4CCC4)C[C@H]32)cn1. The molecule has 0 unspecified atom stereocenters. The quantitative estimate of drug-likeness (QED) is 0.852. The minimum Gasteiger partial charge on any atom is -0.341 e. The molecule has 5 heteroatoms. The van der Waals surface area contributed by atoms with Crippen LogP contribution in [0.4, 0.5) is 0 Å². The fourth-order valence-electron chi connectivity index (χ4n) is 4.62. The summed E-state index contributed by atoms with van der Waals surface area (Å²) in [6, 6.07) is 0.543. The smallest absolute Gasteiger partial charge is 0.225 e. The molecule has 1 saturated carbocycles. The van der Waals surface area contributed by atoms with Gasteiger partial charge >= 0.3 is 0 Å². The van der Waals surface area contributed by atoms with Crippen molar-refractivity contribution in [3.8, 4) is 0 Å². The number of nitrogens with zero attached hydrogens (tertiary/aromatic N) is 4. The monoisotopic (exact) mass is 330 g/mol. The summed E-state index contributed by atoms with van der Waals surface area (Å²) in [6.07, 6.45) is 11.5. The van der Waals surface area contributed by atoms with Gasteiger partial charge in [-0.1, -0.05) is 12.8 Å². The Balaban J connectivity index is 1.44. The van der Waals surface area contributed by atoms with Crippen LogP contribution in [0.25, 0.3) is 0 Å². The molecule has 3 heterocycles. The Morgan fingerprint density at radius 1 is 1.21 bits per heavy atom. The third kappa shape index (κ3) is 3.10. The molecule has 3 fully saturated rings. The molecule has 2 aliphatic heterocycles. The molecule has 5 nitrogen and oxygen atoms in total. The zero-order valence-electron chi connectivity index (χ0n) is 14.9. The van der Waals surface area contributed by atoms with Gasteiger partial charge in [0.2, 0.25) is 5.91 Å². The number of hydrogen-bond acceptors (Lipinski definition) is 3. The van der Waals surface area contributed by atoms with Crippen molar-refractivity contribution < 1.29 is 4.79 Å². The maximum absolute atomic E-state index is 12.7. The van der Waals surface area contributed by atoms with Crippen LogP contribution in [0.2, 0.25) is 0 Å². The first-order valence-electron chi connectivity index (χ1n) is 9.78. The van der Waals surface area contributed by atoms with Crippen molar-refractivity contribution in [1.29, 1.82) is 0 Å². The van der Waals surface area contributed by atoms with Crippen LogP contribution in [0.5, 0.6) is 0 Å². The summed E-state index contributed by atoms with van der Waals surface area (Å²) in [7, 11) is 0. The predicted molar refractivity (Wildman–Crippen MR) is 93.4 cm³/mol. The first-order valence-corrected chi connectivity index (χ1v) is 9.78. The number of amides is 1. The Bertz CT molecular complexity index is 580. The van der Waals surface area contributed by atoms with E-state index < -0.39 is 0 Å². The predicted octanol–water partition coefficient (Wildman–Crippen LogP) is 2.52. The maximum atomic E-state index is 12.7. The Labute approximate surface area is 145 Å². The van der Waals surface area contributed by atoms with Gasteiger partial charge < -0.3 is 4.90 Å². The highest BCUT2D eigenvalue weighted by molar-refractivity contribution is 5.80. The van der Waals surface area contributed by atoms with Gasteiger partial charge in [0, 0.05) is 49.9 Å². The van der Waals surface area contributed by atoms with E-state index in [2.05, 4.69) is 28.0 Å². The summed E-state index contributed by atoms with van der Waals surface area (Å²) in [5.41, 5.74) is 1.31. The molecule has 0 N–H and O–H groups in total. The summed E-state index contributed by atoms with van der Waals surface area (Å²) < 4.78 is 2.01. The highest BCUT2D eigenvalue weighted by Crippen LogP contribution is 2.34. The van der Waals surface area contributed by atoms with Crippen LogP contribution in [-0.4, -0.2) is 51.2 Å². The zero-order chi connectivity index (χ0) is 16.5. The molecule has 132 valence electrons. The summed E-state index contributed by atoms with van der Waals surface area (Å²) in [5, 5.41) is 4.42. The molecule has 4 rings (SSSR count). The molecule has 0 radical (unpaired) electrons. The summed E-state index contributed by atoms with van der Waals surface area (Å²) in [6.45, 7) is 7.12. The highest BCUT2D eigenvalue weighted by Gasteiger charge is 2.41. The Hall–Kier alpha value is -1.36. The van der Waals surface area contributed by atoms with Gasteiger partial charge in [0.1, 0.15) is 0 Å². The molecule has 1 aromatic rings. The molecule has 1 aromatic heterocycles. The minimum atomic E-state index is 0.337. The number of hydrogen-bond donors (Lipinski definition) is 0. The van der Waals surface area contributed by atoms with Crippen molar-refractivity contribution >= 4 is 5.91 Å². The van der Waals surface area contributed by atoms with Crippen LogP contribution in [0.1, 0.15) is 51.0 Å². The van der Waals surface area contributed by atoms with Crippen molar-refractivity contribution in [1.82, 2.24) is 19.6 Å². The number of likely N-dealkylation sites (tertiary alicyclic amines) is 2. The van der Waals surface area contributed by atoms with Crippen molar-refractivity contribution in [3.63, 3.8) is 0 Å². The second-order valence-electron chi connectivity index (χ2n) is 7.87. The number of aryl methyl sites for hydroxylation is 1. The fourth-order valence-corrected chi connectivity index (χ4v) is 4.62. The third-order valence-corrected chi connectivity index (χ3v) is 6.31. The van der Waals surface area contributed by atoms with E-state index in [-0.39, 0.29) is 0 Å². The van der Waals surface area contributed by atoms with E-state index in [1.54, 1.807) is 0 Å². The van der Waals surface area contributed by atoms with Gasteiger partial charge in [0.15, 0.2) is 0 Å². The second kappa shape index (κ2) is 6.87. The largest absolute Gasteiger partial charge is 0.341 e. The summed E-state index contributed by atoms with van der Waals surface area (Å²) in [4.78, 5) is 17.5. The summed E-state index contributed by atoms with van der Waals surface area (Å²) >= 11 is 0. The Morgan fingerprint density at radius 2 is 2.08 bits per heavy atom. The lowest BCUT2D eigenvalue weighted by Crippen LogP contribution is -2.42. The van der Waals surface area contributed by atoms with Crippen molar-refractivity contribution in [2.45, 2.75) is 64.6 Å². The zero-order valence-corrected chi connectivity index (χ0v) is 14.9. The first-order chi connectivity index (χ1) is 11.7. The average molecular weight is 330 g/mol. The number of fused-ring (bicyclic) bond motifs is 1. The highest BCUT2D eigenvalue weighted by atomic mass is 16.2. The molecule has 0 spiro atoms. The van der Waals surface area contributed by atoms with Gasteiger partial charge in [-0.15, -0.1) is 0 Å². The van der Waals surface area contributed by atoms with Crippen molar-refractivity contribution in [3.05, 3.63) is 18.0 Å². The lowest BCUT2D eigenvalue weighted by molar-refractivity contribution is -0.137. The van der Waals surface area contributed by atoms with E-state index in [1.165, 1.54) is 31.2 Å². The van der Waals surface area contributed by atoms with Gasteiger partial charge in [-0.2, -0.15) is 5.10 Å². The van der Waals surface area contributed by atoms with E-state index in [0.29, 0.717) is 23.8 Å². The van der Waals surface area contributed by atoms with Gasteiger partial charge in [0.05, 0.1) is 6.20 Å². The van der Waals surface area contributed by atoms with Crippen molar-refractivity contribution in [2.24, 2.45) is 11.8 Å². The van der Waals surface area contributed by atoms with Gasteiger partial charge in [-0.05, 0) is 45.1 Å². The summed E-state index contributed by atoms with van der Waals surface area (Å²) in [5.74, 6) is 1.44. The lowest BCUT2D eigenvalue weighted by atomic mass is 9.84. The molecule has 3 aliphatic rings. The van der Waals surface area contributed by atoms with Crippen LogP contribution >= 0.6 is 0 Å². The lowest BCUT2D eigenvalue weighted by Gasteiger charge is -2.31. The van der Waals surface area contributed by atoms with E-state index in [0.717, 1.165) is 45.6 Å². The third-order valence-electron chi connectivity index (χ3n) is 6.31. The molecule has 1 aliphatic carbocycles. The van der Waals surface area contributed by atoms with Crippen LogP contribution in [-0.2, 0) is 17.9 Å². The maximum Gasteiger partial charge on any atom is 0.225 e. The number of rotatable bonds is 4. The minimum absolute atomic E-state index is 0.337. The van der Waals surface area contributed by atoms with Crippen LogP contribution in [0, 0.1) is 11.8 Å². The topological polar surface area (TPSA) is 41.4 Å². The van der Waals surface area contributed by atoms with Crippen LogP contribution < -0.4 is 0 Å². The Morgan fingerprint density at radius 3 is 2.79 bits per heavy atom. The number of carbonyl (C=O) groups is 1. The molecular weight excluding hydrogens is 300 g/mol. The van der Waals surface area contributed by atoms with E-state index in [9.17, 15) is 4.79 Å². The standard InChI is InChI=1S/C19H30N4O/c1-2-23-12-15(10-20-23)11-21-9-4-3-6-17-13-22(14-18(17)21)19(24)16-7-5-8-16/h10,12,16-18H,2-9,11,13-14H2,1H3/t17-,18+/m0/s1. The van der Waals surface area contributed by atoms with Gasteiger partial charge in [0.25, 0.3) is 0 Å². The van der Waals surface area contributed by atoms with Crippen LogP contribution in [0.3, 0.4) is 0 Å². The van der Waals surface area contributed by atoms with Gasteiger partial charge in [-0.3, -0.25) is 14.4 Å². The van der Waals surface area contributed by atoms with Gasteiger partial charge in [-0.25, -0.2) is 0 Å².